The highest BCUT2D eigenvalue weighted by Gasteiger charge is 2.18. The van der Waals surface area contributed by atoms with Gasteiger partial charge in [-0.2, -0.15) is 0 Å². The molecule has 0 aliphatic carbocycles. The summed E-state index contributed by atoms with van der Waals surface area (Å²) < 4.78 is 10.4. The van der Waals surface area contributed by atoms with Gasteiger partial charge in [-0.1, -0.05) is 45.9 Å². The van der Waals surface area contributed by atoms with Crippen molar-refractivity contribution in [2.45, 2.75) is 27.7 Å². The molecule has 2 amide bonds. The molecule has 8 heteroatoms. The number of urea groups is 1. The summed E-state index contributed by atoms with van der Waals surface area (Å²) >= 11 is 0. The van der Waals surface area contributed by atoms with E-state index in [-0.39, 0.29) is 23.0 Å². The van der Waals surface area contributed by atoms with E-state index < -0.39 is 0 Å². The zero-order valence-corrected chi connectivity index (χ0v) is 18.4. The van der Waals surface area contributed by atoms with Gasteiger partial charge in [-0.3, -0.25) is 10.1 Å². The summed E-state index contributed by atoms with van der Waals surface area (Å²) in [6.45, 7) is 10.0. The number of H-pyrrole nitrogens is 1. The van der Waals surface area contributed by atoms with Crippen LogP contribution in [0.3, 0.4) is 0 Å². The van der Waals surface area contributed by atoms with E-state index in [1.54, 1.807) is 24.2 Å². The third-order valence-electron chi connectivity index (χ3n) is 3.97. The lowest BCUT2D eigenvalue weighted by Gasteiger charge is -2.26. The lowest BCUT2D eigenvalue weighted by molar-refractivity contribution is 0.0564. The van der Waals surface area contributed by atoms with Crippen LogP contribution in [-0.4, -0.2) is 54.3 Å². The van der Waals surface area contributed by atoms with E-state index in [0.717, 1.165) is 11.3 Å². The predicted molar refractivity (Wildman–Crippen MR) is 121 cm³/mol. The SMILES string of the molecule is CC.CC.COc1ccc(/C=C/c2c(NC(=O)N3CCOCC3)nc[nH]c2=O)cc1. The molecule has 0 saturated carbocycles. The lowest BCUT2D eigenvalue weighted by atomic mass is 10.1. The van der Waals surface area contributed by atoms with Gasteiger partial charge in [-0.25, -0.2) is 9.78 Å². The van der Waals surface area contributed by atoms with E-state index in [2.05, 4.69) is 15.3 Å². The molecule has 1 saturated heterocycles. The van der Waals surface area contributed by atoms with Gasteiger partial charge < -0.3 is 19.4 Å². The third kappa shape index (κ3) is 7.36. The molecule has 0 radical (unpaired) electrons. The standard InChI is InChI=1S/C18H20N4O4.2C2H6/c1-25-14-5-2-13(3-6-14)4-7-15-16(19-12-20-17(15)23)21-18(24)22-8-10-26-11-9-22;2*1-2/h2-7,12H,8-11H2,1H3,(H2,19,20,21,23,24);2*1-2H3/b7-4+;;. The van der Waals surface area contributed by atoms with Crippen LogP contribution in [0.1, 0.15) is 38.8 Å². The average molecular weight is 417 g/mol. The first kappa shape index (κ1) is 24.9. The van der Waals surface area contributed by atoms with E-state index in [4.69, 9.17) is 9.47 Å². The number of rotatable bonds is 4. The summed E-state index contributed by atoms with van der Waals surface area (Å²) in [5, 5.41) is 2.70. The maximum Gasteiger partial charge on any atom is 0.323 e. The predicted octanol–water partition coefficient (Wildman–Crippen LogP) is 3.87. The molecule has 2 N–H and O–H groups in total. The second-order valence-corrected chi connectivity index (χ2v) is 5.63. The number of anilines is 1. The minimum Gasteiger partial charge on any atom is -0.497 e. The molecule has 1 aromatic carbocycles. The van der Waals surface area contributed by atoms with Gasteiger partial charge in [0.1, 0.15) is 11.6 Å². The van der Waals surface area contributed by atoms with Crippen LogP contribution in [0.4, 0.5) is 10.6 Å². The molecule has 30 heavy (non-hydrogen) atoms. The van der Waals surface area contributed by atoms with E-state index >= 15 is 0 Å². The molecule has 2 aromatic rings. The Labute approximate surface area is 177 Å². The Morgan fingerprint density at radius 3 is 2.37 bits per heavy atom. The first-order valence-corrected chi connectivity index (χ1v) is 10.2. The number of carbonyl (C=O) groups excluding carboxylic acids is 1. The first-order chi connectivity index (χ1) is 14.7. The number of aromatic amines is 1. The van der Waals surface area contributed by atoms with Crippen LogP contribution < -0.4 is 15.6 Å². The van der Waals surface area contributed by atoms with E-state index in [1.165, 1.54) is 6.33 Å². The number of morpholine rings is 1. The first-order valence-electron chi connectivity index (χ1n) is 10.2. The number of nitrogens with zero attached hydrogens (tertiary/aromatic N) is 2. The molecule has 1 fully saturated rings. The normalized spacial score (nSPS) is 12.9. The fraction of sp³-hybridized carbons (Fsp3) is 0.409. The number of methoxy groups -OCH3 is 1. The molecule has 164 valence electrons. The summed E-state index contributed by atoms with van der Waals surface area (Å²) in [7, 11) is 1.60. The zero-order valence-electron chi connectivity index (χ0n) is 18.4. The Bertz CT molecular complexity index is 841. The quantitative estimate of drug-likeness (QED) is 0.789. The summed E-state index contributed by atoms with van der Waals surface area (Å²) in [4.78, 5) is 32.8. The summed E-state index contributed by atoms with van der Waals surface area (Å²) in [5.74, 6) is 0.967. The van der Waals surface area contributed by atoms with Crippen molar-refractivity contribution in [2.75, 3.05) is 38.7 Å². The van der Waals surface area contributed by atoms with Crippen LogP contribution >= 0.6 is 0 Å². The third-order valence-corrected chi connectivity index (χ3v) is 3.97. The summed E-state index contributed by atoms with van der Waals surface area (Å²) in [6, 6.07) is 7.09. The molecule has 1 aromatic heterocycles. The Hall–Kier alpha value is -3.13. The number of ether oxygens (including phenoxy) is 2. The average Bonchev–Trinajstić information content (AvgIpc) is 2.82. The summed E-state index contributed by atoms with van der Waals surface area (Å²) in [6.07, 6.45) is 4.67. The van der Waals surface area contributed by atoms with Gasteiger partial charge in [0.15, 0.2) is 0 Å². The highest BCUT2D eigenvalue weighted by molar-refractivity contribution is 5.91. The Morgan fingerprint density at radius 1 is 1.13 bits per heavy atom. The van der Waals surface area contributed by atoms with Crippen LogP contribution in [0.2, 0.25) is 0 Å². The molecular weight excluding hydrogens is 384 g/mol. The Morgan fingerprint density at radius 2 is 1.77 bits per heavy atom. The zero-order chi connectivity index (χ0) is 22.4. The lowest BCUT2D eigenvalue weighted by Crippen LogP contribution is -2.43. The van der Waals surface area contributed by atoms with Crippen molar-refractivity contribution in [3.63, 3.8) is 0 Å². The highest BCUT2D eigenvalue weighted by Crippen LogP contribution is 2.15. The number of carbonyl (C=O) groups is 1. The molecular formula is C22H32N4O4. The van der Waals surface area contributed by atoms with Gasteiger partial charge in [-0.05, 0) is 23.8 Å². The van der Waals surface area contributed by atoms with Gasteiger partial charge in [0, 0.05) is 13.1 Å². The minimum absolute atomic E-state index is 0.218. The van der Waals surface area contributed by atoms with Gasteiger partial charge in [-0.15, -0.1) is 0 Å². The number of benzene rings is 1. The number of hydrogen-bond donors (Lipinski definition) is 2. The molecule has 0 spiro atoms. The van der Waals surface area contributed by atoms with Crippen LogP contribution in [0.15, 0.2) is 35.4 Å². The molecule has 1 aliphatic heterocycles. The molecule has 1 aliphatic rings. The summed E-state index contributed by atoms with van der Waals surface area (Å²) in [5.41, 5.74) is 0.839. The van der Waals surface area contributed by atoms with E-state index in [9.17, 15) is 9.59 Å². The molecule has 0 unspecified atom stereocenters. The maximum absolute atomic E-state index is 12.3. The van der Waals surface area contributed by atoms with Gasteiger partial charge in [0.25, 0.3) is 5.56 Å². The number of aromatic nitrogens is 2. The van der Waals surface area contributed by atoms with Crippen molar-refractivity contribution >= 4 is 24.0 Å². The largest absolute Gasteiger partial charge is 0.497 e. The number of nitrogens with one attached hydrogen (secondary N) is 2. The second-order valence-electron chi connectivity index (χ2n) is 5.63. The van der Waals surface area contributed by atoms with E-state index in [0.29, 0.717) is 26.3 Å². The van der Waals surface area contributed by atoms with Crippen LogP contribution in [0, 0.1) is 0 Å². The van der Waals surface area contributed by atoms with Crippen molar-refractivity contribution in [2.24, 2.45) is 0 Å². The van der Waals surface area contributed by atoms with E-state index in [1.807, 2.05) is 52.0 Å². The molecule has 8 nitrogen and oxygen atoms in total. The van der Waals surface area contributed by atoms with Crippen molar-refractivity contribution in [3.05, 3.63) is 52.1 Å². The number of amides is 2. The molecule has 3 rings (SSSR count). The number of hydrogen-bond acceptors (Lipinski definition) is 5. The van der Waals surface area contributed by atoms with Gasteiger partial charge >= 0.3 is 6.03 Å². The van der Waals surface area contributed by atoms with Crippen LogP contribution in [0.25, 0.3) is 12.2 Å². The van der Waals surface area contributed by atoms with Crippen molar-refractivity contribution in [3.8, 4) is 5.75 Å². The molecule has 0 atom stereocenters. The molecule has 0 bridgehead atoms. The minimum atomic E-state index is -0.331. The topological polar surface area (TPSA) is 96.5 Å². The van der Waals surface area contributed by atoms with Crippen molar-refractivity contribution < 1.29 is 14.3 Å². The fourth-order valence-corrected chi connectivity index (χ4v) is 2.51. The van der Waals surface area contributed by atoms with Crippen molar-refractivity contribution in [1.82, 2.24) is 14.9 Å². The van der Waals surface area contributed by atoms with Crippen molar-refractivity contribution in [1.29, 1.82) is 0 Å². The van der Waals surface area contributed by atoms with Crippen LogP contribution in [0.5, 0.6) is 5.75 Å². The Balaban J connectivity index is 0.00000106. The van der Waals surface area contributed by atoms with Gasteiger partial charge in [0.05, 0.1) is 32.2 Å². The van der Waals surface area contributed by atoms with Crippen LogP contribution in [-0.2, 0) is 4.74 Å². The Kier molecular flexibility index (Phi) is 11.6. The highest BCUT2D eigenvalue weighted by atomic mass is 16.5. The second kappa shape index (κ2) is 13.9. The fourth-order valence-electron chi connectivity index (χ4n) is 2.51. The molecule has 2 heterocycles. The van der Waals surface area contributed by atoms with Gasteiger partial charge in [0.2, 0.25) is 0 Å². The maximum atomic E-state index is 12.3. The monoisotopic (exact) mass is 416 g/mol. The smallest absolute Gasteiger partial charge is 0.323 e.